The van der Waals surface area contributed by atoms with Crippen molar-refractivity contribution in [1.29, 1.82) is 0 Å². The van der Waals surface area contributed by atoms with Gasteiger partial charge in [-0.3, -0.25) is 0 Å². The smallest absolute Gasteiger partial charge is 0.0777 e. The Labute approximate surface area is 105 Å². The molecule has 2 unspecified atom stereocenters. The second kappa shape index (κ2) is 4.87. The van der Waals surface area contributed by atoms with Crippen LogP contribution in [0.5, 0.6) is 0 Å². The molecule has 1 spiro atoms. The fraction of sp³-hybridized carbons (Fsp3) is 1.00. The molecule has 1 N–H and O–H groups in total. The molecule has 3 heteroatoms. The Bertz CT molecular complexity index is 261. The first-order chi connectivity index (χ1) is 8.03. The molecule has 2 fully saturated rings. The largest absolute Gasteiger partial charge is 0.377 e. The van der Waals surface area contributed by atoms with Gasteiger partial charge in [-0.2, -0.15) is 0 Å². The zero-order valence-corrected chi connectivity index (χ0v) is 11.7. The molecule has 1 heterocycles. The minimum Gasteiger partial charge on any atom is -0.377 e. The van der Waals surface area contributed by atoms with Crippen molar-refractivity contribution in [3.05, 3.63) is 0 Å². The van der Waals surface area contributed by atoms with Gasteiger partial charge in [-0.25, -0.2) is 0 Å². The van der Waals surface area contributed by atoms with Crippen molar-refractivity contribution in [2.75, 3.05) is 20.8 Å². The molecule has 1 saturated carbocycles. The Morgan fingerprint density at radius 3 is 2.59 bits per heavy atom. The highest BCUT2D eigenvalue weighted by Gasteiger charge is 2.46. The molecule has 0 aromatic carbocycles. The van der Waals surface area contributed by atoms with Crippen LogP contribution in [0.3, 0.4) is 0 Å². The molecule has 0 aromatic rings. The lowest BCUT2D eigenvalue weighted by atomic mass is 9.68. The van der Waals surface area contributed by atoms with Crippen molar-refractivity contribution in [3.8, 4) is 0 Å². The van der Waals surface area contributed by atoms with Gasteiger partial charge < -0.3 is 14.8 Å². The van der Waals surface area contributed by atoms with Gasteiger partial charge in [0.05, 0.1) is 11.2 Å². The van der Waals surface area contributed by atoms with E-state index in [0.717, 1.165) is 13.0 Å². The van der Waals surface area contributed by atoms with Crippen LogP contribution in [0.15, 0.2) is 0 Å². The van der Waals surface area contributed by atoms with E-state index in [-0.39, 0.29) is 11.2 Å². The summed E-state index contributed by atoms with van der Waals surface area (Å²) in [5, 5.41) is 3.47. The topological polar surface area (TPSA) is 30.5 Å². The molecule has 1 aliphatic heterocycles. The third-order valence-corrected chi connectivity index (χ3v) is 4.85. The highest BCUT2D eigenvalue weighted by Crippen LogP contribution is 2.46. The molecule has 1 saturated heterocycles. The molecule has 17 heavy (non-hydrogen) atoms. The van der Waals surface area contributed by atoms with Crippen molar-refractivity contribution in [3.63, 3.8) is 0 Å². The fourth-order valence-electron chi connectivity index (χ4n) is 3.55. The van der Waals surface area contributed by atoms with Crippen LogP contribution < -0.4 is 5.32 Å². The Hall–Kier alpha value is -0.120. The number of rotatable bonds is 4. The van der Waals surface area contributed by atoms with Crippen LogP contribution in [-0.2, 0) is 9.47 Å². The molecule has 2 atom stereocenters. The van der Waals surface area contributed by atoms with Gasteiger partial charge in [0.25, 0.3) is 0 Å². The fourth-order valence-corrected chi connectivity index (χ4v) is 3.55. The minimum absolute atomic E-state index is 0.109. The first-order valence-electron chi connectivity index (χ1n) is 6.89. The third-order valence-electron chi connectivity index (χ3n) is 4.85. The summed E-state index contributed by atoms with van der Waals surface area (Å²) < 4.78 is 11.7. The summed E-state index contributed by atoms with van der Waals surface area (Å²) in [5.41, 5.74) is 0.115. The van der Waals surface area contributed by atoms with Crippen LogP contribution in [0.4, 0.5) is 0 Å². The quantitative estimate of drug-likeness (QED) is 0.819. The van der Waals surface area contributed by atoms with Crippen LogP contribution in [0.25, 0.3) is 0 Å². The summed E-state index contributed by atoms with van der Waals surface area (Å²) in [6.45, 7) is 5.27. The van der Waals surface area contributed by atoms with E-state index in [4.69, 9.17) is 9.47 Å². The second-order valence-electron chi connectivity index (χ2n) is 6.21. The number of methoxy groups -OCH3 is 1. The Morgan fingerprint density at radius 1 is 1.41 bits per heavy atom. The Morgan fingerprint density at radius 2 is 2.12 bits per heavy atom. The van der Waals surface area contributed by atoms with Crippen molar-refractivity contribution in [2.45, 2.75) is 63.2 Å². The second-order valence-corrected chi connectivity index (χ2v) is 6.21. The maximum atomic E-state index is 6.00. The maximum absolute atomic E-state index is 6.00. The third kappa shape index (κ3) is 2.51. The van der Waals surface area contributed by atoms with E-state index >= 15 is 0 Å². The van der Waals surface area contributed by atoms with E-state index in [1.165, 1.54) is 25.7 Å². The van der Waals surface area contributed by atoms with Crippen molar-refractivity contribution < 1.29 is 9.47 Å². The zero-order valence-electron chi connectivity index (χ0n) is 11.7. The van der Waals surface area contributed by atoms with Crippen molar-refractivity contribution in [1.82, 2.24) is 5.32 Å². The lowest BCUT2D eigenvalue weighted by Gasteiger charge is -2.50. The molecule has 0 radical (unpaired) electrons. The van der Waals surface area contributed by atoms with Gasteiger partial charge in [0.15, 0.2) is 0 Å². The molecule has 0 aromatic heterocycles. The summed E-state index contributed by atoms with van der Waals surface area (Å²) in [5.74, 6) is 0.670. The number of ether oxygens (including phenoxy) is 2. The number of hydrogen-bond acceptors (Lipinski definition) is 3. The van der Waals surface area contributed by atoms with Crippen molar-refractivity contribution >= 4 is 0 Å². The predicted molar refractivity (Wildman–Crippen MR) is 69.2 cm³/mol. The lowest BCUT2D eigenvalue weighted by Crippen LogP contribution is -2.56. The van der Waals surface area contributed by atoms with E-state index in [1.807, 2.05) is 14.2 Å². The van der Waals surface area contributed by atoms with Gasteiger partial charge in [-0.15, -0.1) is 0 Å². The van der Waals surface area contributed by atoms with E-state index in [1.54, 1.807) is 0 Å². The average molecular weight is 241 g/mol. The van der Waals surface area contributed by atoms with E-state index in [0.29, 0.717) is 12.0 Å². The van der Waals surface area contributed by atoms with E-state index in [9.17, 15) is 0 Å². The summed E-state index contributed by atoms with van der Waals surface area (Å²) in [4.78, 5) is 0. The number of nitrogens with one attached hydrogen (secondary N) is 1. The molecular formula is C14H27NO2. The van der Waals surface area contributed by atoms with Crippen LogP contribution in [-0.4, -0.2) is 38.0 Å². The van der Waals surface area contributed by atoms with E-state index in [2.05, 4.69) is 19.2 Å². The van der Waals surface area contributed by atoms with Crippen molar-refractivity contribution in [2.24, 2.45) is 5.92 Å². The Kier molecular flexibility index (Phi) is 3.81. The zero-order chi connectivity index (χ0) is 12.5. The maximum Gasteiger partial charge on any atom is 0.0777 e. The van der Waals surface area contributed by atoms with Crippen LogP contribution in [0, 0.1) is 5.92 Å². The number of likely N-dealkylation sites (N-methyl/N-ethyl adjacent to an activating group) is 1. The predicted octanol–water partition coefficient (Wildman–Crippen LogP) is 2.35. The van der Waals surface area contributed by atoms with Crippen LogP contribution >= 0.6 is 0 Å². The van der Waals surface area contributed by atoms with Gasteiger partial charge in [-0.1, -0.05) is 0 Å². The highest BCUT2D eigenvalue weighted by atomic mass is 16.5. The standard InChI is InChI=1S/C14H27NO2/c1-13(2,16-4)12(15-3)11-6-9-17-14(10-11)7-5-8-14/h11-12,15H,5-10H2,1-4H3. The Balaban J connectivity index is 2.04. The monoisotopic (exact) mass is 241 g/mol. The van der Waals surface area contributed by atoms with Gasteiger partial charge in [0.2, 0.25) is 0 Å². The molecule has 1 aliphatic carbocycles. The number of hydrogen-bond donors (Lipinski definition) is 1. The summed E-state index contributed by atoms with van der Waals surface area (Å²) >= 11 is 0. The SMILES string of the molecule is CNC(C1CCOC2(CCC2)C1)C(C)(C)OC. The molecular weight excluding hydrogens is 214 g/mol. The molecule has 0 bridgehead atoms. The van der Waals surface area contributed by atoms with Gasteiger partial charge >= 0.3 is 0 Å². The average Bonchev–Trinajstić information content (AvgIpc) is 2.28. The van der Waals surface area contributed by atoms with Crippen LogP contribution in [0.2, 0.25) is 0 Å². The molecule has 2 aliphatic rings. The molecule has 100 valence electrons. The van der Waals surface area contributed by atoms with E-state index < -0.39 is 0 Å². The van der Waals surface area contributed by atoms with Crippen LogP contribution in [0.1, 0.15) is 46.0 Å². The lowest BCUT2D eigenvalue weighted by molar-refractivity contribution is -0.157. The van der Waals surface area contributed by atoms with Gasteiger partial charge in [0.1, 0.15) is 0 Å². The first-order valence-corrected chi connectivity index (χ1v) is 6.89. The first kappa shape index (κ1) is 13.3. The highest BCUT2D eigenvalue weighted by molar-refractivity contribution is 5.00. The summed E-state index contributed by atoms with van der Waals surface area (Å²) in [6, 6.07) is 0.411. The molecule has 2 rings (SSSR count). The summed E-state index contributed by atoms with van der Waals surface area (Å²) in [6.07, 6.45) is 6.21. The van der Waals surface area contributed by atoms with Gasteiger partial charge in [-0.05, 0) is 58.9 Å². The summed E-state index contributed by atoms with van der Waals surface area (Å²) in [7, 11) is 3.86. The molecule has 0 amide bonds. The van der Waals surface area contributed by atoms with Gasteiger partial charge in [0, 0.05) is 19.8 Å². The minimum atomic E-state index is -0.109. The molecule has 3 nitrogen and oxygen atoms in total. The normalized spacial score (nSPS) is 30.0.